The van der Waals surface area contributed by atoms with Gasteiger partial charge in [-0.25, -0.2) is 4.39 Å². The number of alkyl halides is 1. The van der Waals surface area contributed by atoms with Crippen LogP contribution in [0.15, 0.2) is 18.2 Å². The van der Waals surface area contributed by atoms with Crippen molar-refractivity contribution in [1.82, 2.24) is 5.32 Å². The van der Waals surface area contributed by atoms with E-state index in [2.05, 4.69) is 5.32 Å². The minimum absolute atomic E-state index is 0.294. The molecule has 1 aliphatic carbocycles. The highest BCUT2D eigenvalue weighted by Gasteiger charge is 2.26. The third kappa shape index (κ3) is 3.09. The van der Waals surface area contributed by atoms with Crippen LogP contribution in [0.1, 0.15) is 18.4 Å². The molecular weight excluding hydrogens is 248 g/mol. The highest BCUT2D eigenvalue weighted by atomic mass is 35.5. The van der Waals surface area contributed by atoms with E-state index in [4.69, 9.17) is 23.2 Å². The summed E-state index contributed by atoms with van der Waals surface area (Å²) in [7, 11) is 0. The Balaban J connectivity index is 1.76. The number of halogens is 3. The topological polar surface area (TPSA) is 12.0 Å². The van der Waals surface area contributed by atoms with Crippen LogP contribution in [0, 0.1) is 11.7 Å². The maximum Gasteiger partial charge on any atom is 0.124 e. The summed E-state index contributed by atoms with van der Waals surface area (Å²) in [5.41, 5.74) is 0.935. The second-order valence-electron chi connectivity index (χ2n) is 4.30. The van der Waals surface area contributed by atoms with E-state index in [1.54, 1.807) is 6.07 Å². The van der Waals surface area contributed by atoms with Gasteiger partial charge in [0, 0.05) is 16.9 Å². The van der Waals surface area contributed by atoms with E-state index in [9.17, 15) is 4.39 Å². The second kappa shape index (κ2) is 5.35. The molecule has 0 aromatic heterocycles. The molecule has 0 heterocycles. The molecule has 88 valence electrons. The highest BCUT2D eigenvalue weighted by Crippen LogP contribution is 2.31. The fraction of sp³-hybridized carbons (Fsp3) is 0.500. The molecule has 4 heteroatoms. The van der Waals surface area contributed by atoms with Gasteiger partial charge in [-0.2, -0.15) is 0 Å². The van der Waals surface area contributed by atoms with E-state index in [1.165, 1.54) is 12.1 Å². The molecule has 0 spiro atoms. The average Bonchev–Trinajstić information content (AvgIpc) is 2.18. The maximum absolute atomic E-state index is 12.8. The molecule has 0 bridgehead atoms. The average molecular weight is 262 g/mol. The van der Waals surface area contributed by atoms with Crippen molar-refractivity contribution in [3.63, 3.8) is 0 Å². The van der Waals surface area contributed by atoms with Crippen LogP contribution in [0.3, 0.4) is 0 Å². The van der Waals surface area contributed by atoms with E-state index in [0.29, 0.717) is 22.9 Å². The van der Waals surface area contributed by atoms with E-state index in [1.807, 2.05) is 0 Å². The van der Waals surface area contributed by atoms with Crippen molar-refractivity contribution in [2.75, 3.05) is 6.54 Å². The number of hydrogen-bond acceptors (Lipinski definition) is 1. The first-order valence-electron chi connectivity index (χ1n) is 5.44. The molecule has 0 radical (unpaired) electrons. The molecule has 1 aromatic carbocycles. The Hall–Kier alpha value is -0.310. The minimum Gasteiger partial charge on any atom is -0.312 e. The number of rotatable bonds is 4. The van der Waals surface area contributed by atoms with Crippen LogP contribution in [0.4, 0.5) is 4.39 Å². The van der Waals surface area contributed by atoms with Gasteiger partial charge in [-0.05, 0) is 43.0 Å². The van der Waals surface area contributed by atoms with Gasteiger partial charge in [0.05, 0.1) is 0 Å². The summed E-state index contributed by atoms with van der Waals surface area (Å²) in [6, 6.07) is 4.49. The Morgan fingerprint density at radius 1 is 1.38 bits per heavy atom. The van der Waals surface area contributed by atoms with Gasteiger partial charge in [-0.1, -0.05) is 17.7 Å². The number of hydrogen-bond donors (Lipinski definition) is 1. The normalized spacial score (nSPS) is 24.2. The Morgan fingerprint density at radius 3 is 2.75 bits per heavy atom. The SMILES string of the molecule is Fc1ccc(CNCC2CC(Cl)C2)c(Cl)c1. The van der Waals surface area contributed by atoms with Gasteiger partial charge in [-0.15, -0.1) is 11.6 Å². The lowest BCUT2D eigenvalue weighted by atomic mass is 9.85. The van der Waals surface area contributed by atoms with Crippen molar-refractivity contribution in [1.29, 1.82) is 0 Å². The van der Waals surface area contributed by atoms with Crippen LogP contribution in [0.5, 0.6) is 0 Å². The third-order valence-electron chi connectivity index (χ3n) is 2.94. The first-order chi connectivity index (χ1) is 7.65. The lowest BCUT2D eigenvalue weighted by Gasteiger charge is -2.31. The van der Waals surface area contributed by atoms with Gasteiger partial charge < -0.3 is 5.32 Å². The smallest absolute Gasteiger partial charge is 0.124 e. The van der Waals surface area contributed by atoms with Crippen LogP contribution in [0.2, 0.25) is 5.02 Å². The third-order valence-corrected chi connectivity index (χ3v) is 3.65. The predicted molar refractivity (Wildman–Crippen MR) is 65.5 cm³/mol. The van der Waals surface area contributed by atoms with Gasteiger partial charge in [0.2, 0.25) is 0 Å². The summed E-state index contributed by atoms with van der Waals surface area (Å²) in [5.74, 6) is 0.388. The van der Waals surface area contributed by atoms with Crippen molar-refractivity contribution < 1.29 is 4.39 Å². The fourth-order valence-electron chi connectivity index (χ4n) is 1.90. The Morgan fingerprint density at radius 2 is 2.12 bits per heavy atom. The molecule has 1 N–H and O–H groups in total. The van der Waals surface area contributed by atoms with Gasteiger partial charge in [0.25, 0.3) is 0 Å². The van der Waals surface area contributed by atoms with Gasteiger partial charge in [0.15, 0.2) is 0 Å². The summed E-state index contributed by atoms with van der Waals surface area (Å²) < 4.78 is 12.8. The van der Waals surface area contributed by atoms with Gasteiger partial charge >= 0.3 is 0 Å². The summed E-state index contributed by atoms with van der Waals surface area (Å²) in [6.45, 7) is 1.64. The van der Waals surface area contributed by atoms with Crippen LogP contribution in [-0.2, 0) is 6.54 Å². The van der Waals surface area contributed by atoms with Crippen molar-refractivity contribution >= 4 is 23.2 Å². The zero-order chi connectivity index (χ0) is 11.5. The van der Waals surface area contributed by atoms with E-state index in [0.717, 1.165) is 24.9 Å². The molecule has 0 aliphatic heterocycles. The lowest BCUT2D eigenvalue weighted by Crippen LogP contribution is -2.33. The van der Waals surface area contributed by atoms with Crippen molar-refractivity contribution in [2.45, 2.75) is 24.8 Å². The molecule has 1 saturated carbocycles. The molecule has 0 saturated heterocycles. The number of benzene rings is 1. The molecule has 1 aromatic rings. The number of nitrogens with one attached hydrogen (secondary N) is 1. The fourth-order valence-corrected chi connectivity index (χ4v) is 2.64. The van der Waals surface area contributed by atoms with E-state index < -0.39 is 0 Å². The largest absolute Gasteiger partial charge is 0.312 e. The van der Waals surface area contributed by atoms with Crippen LogP contribution < -0.4 is 5.32 Å². The molecular formula is C12H14Cl2FN. The molecule has 1 aliphatic rings. The first-order valence-corrected chi connectivity index (χ1v) is 6.25. The summed E-state index contributed by atoms with van der Waals surface area (Å²) >= 11 is 11.8. The molecule has 2 rings (SSSR count). The Kier molecular flexibility index (Phi) is 4.06. The molecule has 1 nitrogen and oxygen atoms in total. The highest BCUT2D eigenvalue weighted by molar-refractivity contribution is 6.31. The van der Waals surface area contributed by atoms with E-state index in [-0.39, 0.29) is 5.82 Å². The first kappa shape index (κ1) is 12.2. The Bertz CT molecular complexity index is 364. The van der Waals surface area contributed by atoms with E-state index >= 15 is 0 Å². The quantitative estimate of drug-likeness (QED) is 0.818. The van der Waals surface area contributed by atoms with Gasteiger partial charge in [-0.3, -0.25) is 0 Å². The monoisotopic (exact) mass is 261 g/mol. The molecule has 1 fully saturated rings. The van der Waals surface area contributed by atoms with Gasteiger partial charge in [0.1, 0.15) is 5.82 Å². The van der Waals surface area contributed by atoms with Crippen LogP contribution in [0.25, 0.3) is 0 Å². The predicted octanol–water partition coefficient (Wildman–Crippen LogP) is 3.59. The molecule has 0 amide bonds. The van der Waals surface area contributed by atoms with Crippen molar-refractivity contribution in [2.24, 2.45) is 5.92 Å². The summed E-state index contributed by atoms with van der Waals surface area (Å²) in [4.78, 5) is 0. The van der Waals surface area contributed by atoms with Crippen LogP contribution in [-0.4, -0.2) is 11.9 Å². The lowest BCUT2D eigenvalue weighted by molar-refractivity contribution is 0.308. The Labute approximate surface area is 105 Å². The van der Waals surface area contributed by atoms with Crippen molar-refractivity contribution in [3.05, 3.63) is 34.6 Å². The molecule has 0 atom stereocenters. The zero-order valence-corrected chi connectivity index (χ0v) is 10.4. The summed E-state index contributed by atoms with van der Waals surface area (Å²) in [5, 5.41) is 4.16. The molecule has 0 unspecified atom stereocenters. The van der Waals surface area contributed by atoms with Crippen molar-refractivity contribution in [3.8, 4) is 0 Å². The molecule has 16 heavy (non-hydrogen) atoms. The maximum atomic E-state index is 12.8. The van der Waals surface area contributed by atoms with Crippen LogP contribution >= 0.6 is 23.2 Å². The minimum atomic E-state index is -0.294. The standard InChI is InChI=1S/C12H14Cl2FN/c13-10-3-8(4-10)6-16-7-9-1-2-11(15)5-12(9)14/h1-2,5,8,10,16H,3-4,6-7H2. The summed E-state index contributed by atoms with van der Waals surface area (Å²) in [6.07, 6.45) is 2.18. The zero-order valence-electron chi connectivity index (χ0n) is 8.85. The second-order valence-corrected chi connectivity index (χ2v) is 5.33.